The Labute approximate surface area is 133 Å². The summed E-state index contributed by atoms with van der Waals surface area (Å²) in [6.07, 6.45) is -3.08. The number of ether oxygens (including phenoxy) is 1. The number of benzene rings is 1. The highest BCUT2D eigenvalue weighted by atomic mass is 35.5. The van der Waals surface area contributed by atoms with Crippen molar-refractivity contribution in [3.8, 4) is 5.75 Å². The molecule has 0 unspecified atom stereocenters. The molecule has 0 fully saturated rings. The van der Waals surface area contributed by atoms with Gasteiger partial charge in [-0.2, -0.15) is 5.10 Å². The summed E-state index contributed by atoms with van der Waals surface area (Å²) in [6, 6.07) is 5.36. The number of halogens is 5. The minimum atomic E-state index is -4.72. The first kappa shape index (κ1) is 16.6. The molecule has 0 aliphatic carbocycles. The quantitative estimate of drug-likeness (QED) is 0.842. The number of aromatic nitrogens is 2. The molecule has 0 aliphatic rings. The molecule has 0 aliphatic heterocycles. The van der Waals surface area contributed by atoms with Gasteiger partial charge in [0.05, 0.1) is 11.2 Å². The Bertz CT molecular complexity index is 715. The number of nitrogens with zero attached hydrogens (tertiary/aromatic N) is 2. The summed E-state index contributed by atoms with van der Waals surface area (Å²) in [5, 5.41) is 3.78. The third-order valence-electron chi connectivity index (χ3n) is 2.71. The zero-order valence-corrected chi connectivity index (χ0v) is 12.4. The second kappa shape index (κ2) is 6.58. The third-order valence-corrected chi connectivity index (χ3v) is 3.46. The minimum absolute atomic E-state index is 0.0663. The van der Waals surface area contributed by atoms with Crippen molar-refractivity contribution in [2.75, 3.05) is 0 Å². The van der Waals surface area contributed by atoms with E-state index in [1.807, 2.05) is 0 Å². The molecule has 9 heteroatoms. The van der Waals surface area contributed by atoms with Crippen LogP contribution in [-0.2, 0) is 13.0 Å². The van der Waals surface area contributed by atoms with Crippen LogP contribution in [0.25, 0.3) is 0 Å². The molecule has 22 heavy (non-hydrogen) atoms. The van der Waals surface area contributed by atoms with Crippen molar-refractivity contribution < 1.29 is 17.9 Å². The van der Waals surface area contributed by atoms with Crippen LogP contribution in [-0.4, -0.2) is 16.1 Å². The molecule has 0 radical (unpaired) electrons. The van der Waals surface area contributed by atoms with E-state index in [9.17, 15) is 18.0 Å². The summed E-state index contributed by atoms with van der Waals surface area (Å²) in [7, 11) is 0. The number of hydrogen-bond acceptors (Lipinski definition) is 3. The molecular weight excluding hydrogens is 344 g/mol. The minimum Gasteiger partial charge on any atom is -0.406 e. The molecule has 0 saturated carbocycles. The van der Waals surface area contributed by atoms with Crippen LogP contribution in [0, 0.1) is 0 Å². The highest BCUT2D eigenvalue weighted by Gasteiger charge is 2.30. The molecule has 0 bridgehead atoms. The molecular formula is C13H9Cl2F3N2O2. The lowest BCUT2D eigenvalue weighted by atomic mass is 10.1. The van der Waals surface area contributed by atoms with Crippen LogP contribution >= 0.6 is 23.2 Å². The maximum atomic E-state index is 12.0. The van der Waals surface area contributed by atoms with E-state index in [0.29, 0.717) is 12.0 Å². The van der Waals surface area contributed by atoms with Gasteiger partial charge in [0.15, 0.2) is 0 Å². The summed E-state index contributed by atoms with van der Waals surface area (Å²) >= 11 is 11.4. The smallest absolute Gasteiger partial charge is 0.406 e. The predicted octanol–water partition coefficient (Wildman–Crippen LogP) is 3.69. The average molecular weight is 353 g/mol. The van der Waals surface area contributed by atoms with Gasteiger partial charge >= 0.3 is 6.36 Å². The molecule has 0 atom stereocenters. The van der Waals surface area contributed by atoms with Crippen molar-refractivity contribution in [2.24, 2.45) is 0 Å². The fraction of sp³-hybridized carbons (Fsp3) is 0.231. The monoisotopic (exact) mass is 352 g/mol. The predicted molar refractivity (Wildman–Crippen MR) is 75.3 cm³/mol. The summed E-state index contributed by atoms with van der Waals surface area (Å²) in [6.45, 7) is 0.217. The summed E-state index contributed by atoms with van der Waals surface area (Å²) in [4.78, 5) is 11.8. The molecule has 1 heterocycles. The molecule has 1 aromatic carbocycles. The Morgan fingerprint density at radius 1 is 1.18 bits per heavy atom. The highest BCUT2D eigenvalue weighted by molar-refractivity contribution is 6.41. The van der Waals surface area contributed by atoms with Crippen LogP contribution in [0.15, 0.2) is 35.3 Å². The van der Waals surface area contributed by atoms with E-state index < -0.39 is 11.9 Å². The Morgan fingerprint density at radius 2 is 1.82 bits per heavy atom. The second-order valence-electron chi connectivity index (χ2n) is 4.28. The van der Waals surface area contributed by atoms with Crippen LogP contribution in [0.1, 0.15) is 5.56 Å². The van der Waals surface area contributed by atoms with Gasteiger partial charge in [-0.25, -0.2) is 4.68 Å². The zero-order valence-electron chi connectivity index (χ0n) is 10.9. The van der Waals surface area contributed by atoms with Crippen LogP contribution in [0.2, 0.25) is 10.0 Å². The molecule has 2 rings (SSSR count). The number of rotatable bonds is 4. The number of aryl methyl sites for hydroxylation is 2. The second-order valence-corrected chi connectivity index (χ2v) is 5.06. The van der Waals surface area contributed by atoms with Crippen LogP contribution in [0.3, 0.4) is 0 Å². The van der Waals surface area contributed by atoms with Crippen LogP contribution < -0.4 is 10.3 Å². The first-order valence-corrected chi connectivity index (χ1v) is 6.77. The summed E-state index contributed by atoms with van der Waals surface area (Å²) in [5.41, 5.74) is 0.195. The maximum Gasteiger partial charge on any atom is 0.573 e. The molecule has 2 aromatic rings. The fourth-order valence-corrected chi connectivity index (χ4v) is 1.97. The lowest BCUT2D eigenvalue weighted by molar-refractivity contribution is -0.274. The lowest BCUT2D eigenvalue weighted by Gasteiger charge is -2.09. The lowest BCUT2D eigenvalue weighted by Crippen LogP contribution is -2.24. The molecule has 4 nitrogen and oxygen atoms in total. The normalized spacial score (nSPS) is 11.5. The first-order chi connectivity index (χ1) is 10.3. The van der Waals surface area contributed by atoms with Crippen LogP contribution in [0.5, 0.6) is 5.75 Å². The zero-order chi connectivity index (χ0) is 16.3. The Balaban J connectivity index is 2.04. The molecule has 0 saturated heterocycles. The summed E-state index contributed by atoms with van der Waals surface area (Å²) < 4.78 is 41.0. The van der Waals surface area contributed by atoms with Crippen molar-refractivity contribution in [1.29, 1.82) is 0 Å². The van der Waals surface area contributed by atoms with E-state index >= 15 is 0 Å². The van der Waals surface area contributed by atoms with Crippen molar-refractivity contribution in [3.05, 3.63) is 56.4 Å². The Hall–Kier alpha value is -1.73. The van der Waals surface area contributed by atoms with Gasteiger partial charge in [0, 0.05) is 6.54 Å². The van der Waals surface area contributed by atoms with E-state index in [0.717, 1.165) is 4.68 Å². The third kappa shape index (κ3) is 4.38. The largest absolute Gasteiger partial charge is 0.573 e. The van der Waals surface area contributed by atoms with Gasteiger partial charge in [-0.05, 0) is 24.1 Å². The van der Waals surface area contributed by atoms with Gasteiger partial charge < -0.3 is 4.74 Å². The Morgan fingerprint density at radius 3 is 2.41 bits per heavy atom. The highest BCUT2D eigenvalue weighted by Crippen LogP contribution is 2.23. The van der Waals surface area contributed by atoms with Crippen molar-refractivity contribution in [1.82, 2.24) is 9.78 Å². The molecule has 0 amide bonds. The number of hydrogen-bond donors (Lipinski definition) is 0. The van der Waals surface area contributed by atoms with E-state index in [1.165, 1.54) is 30.5 Å². The molecule has 0 spiro atoms. The molecule has 118 valence electrons. The van der Waals surface area contributed by atoms with Gasteiger partial charge in [0.1, 0.15) is 10.8 Å². The topological polar surface area (TPSA) is 44.1 Å². The van der Waals surface area contributed by atoms with Gasteiger partial charge in [-0.1, -0.05) is 35.3 Å². The maximum absolute atomic E-state index is 12.0. The van der Waals surface area contributed by atoms with Gasteiger partial charge in [-0.3, -0.25) is 4.79 Å². The van der Waals surface area contributed by atoms with E-state index in [2.05, 4.69) is 9.84 Å². The first-order valence-electron chi connectivity index (χ1n) is 6.02. The van der Waals surface area contributed by atoms with Gasteiger partial charge in [0.25, 0.3) is 5.56 Å². The molecule has 0 N–H and O–H groups in total. The fourth-order valence-electron chi connectivity index (χ4n) is 1.70. The summed E-state index contributed by atoms with van der Waals surface area (Å²) in [5.74, 6) is -0.305. The van der Waals surface area contributed by atoms with E-state index in [-0.39, 0.29) is 22.3 Å². The van der Waals surface area contributed by atoms with E-state index in [1.54, 1.807) is 0 Å². The average Bonchev–Trinajstić information content (AvgIpc) is 2.44. The standard InChI is InChI=1S/C13H9Cl2F3N2O2/c14-10-7-19-20(12(21)11(10)15)6-5-8-1-3-9(4-2-8)22-13(16,17)18/h1-4,7H,5-6H2. The van der Waals surface area contributed by atoms with Crippen molar-refractivity contribution in [2.45, 2.75) is 19.3 Å². The van der Waals surface area contributed by atoms with Crippen molar-refractivity contribution >= 4 is 23.2 Å². The SMILES string of the molecule is O=c1c(Cl)c(Cl)cnn1CCc1ccc(OC(F)(F)F)cc1. The van der Waals surface area contributed by atoms with Crippen LogP contribution in [0.4, 0.5) is 13.2 Å². The molecule has 1 aromatic heterocycles. The van der Waals surface area contributed by atoms with E-state index in [4.69, 9.17) is 23.2 Å². The Kier molecular flexibility index (Phi) is 4.97. The van der Waals surface area contributed by atoms with Gasteiger partial charge in [-0.15, -0.1) is 13.2 Å². The number of alkyl halides is 3. The van der Waals surface area contributed by atoms with Gasteiger partial charge in [0.2, 0.25) is 0 Å². The van der Waals surface area contributed by atoms with Crippen molar-refractivity contribution in [3.63, 3.8) is 0 Å².